The van der Waals surface area contributed by atoms with E-state index in [2.05, 4.69) is 4.98 Å². The minimum Gasteiger partial charge on any atom is -0.361 e. The zero-order valence-electron chi connectivity index (χ0n) is 7.43. The molecule has 2 rings (SSSR count). The van der Waals surface area contributed by atoms with Crippen molar-refractivity contribution in [3.05, 3.63) is 36.0 Å². The van der Waals surface area contributed by atoms with Gasteiger partial charge in [-0.3, -0.25) is 0 Å². The fourth-order valence-corrected chi connectivity index (χ4v) is 1.39. The van der Waals surface area contributed by atoms with Crippen LogP contribution < -0.4 is 5.73 Å². The van der Waals surface area contributed by atoms with Gasteiger partial charge in [-0.1, -0.05) is 12.1 Å². The summed E-state index contributed by atoms with van der Waals surface area (Å²) in [7, 11) is 0. The van der Waals surface area contributed by atoms with E-state index in [1.807, 2.05) is 6.07 Å². The minimum atomic E-state index is -2.95. The van der Waals surface area contributed by atoms with E-state index >= 15 is 0 Å². The molecular formula is C10H10F2N2. The van der Waals surface area contributed by atoms with Crippen LogP contribution in [0.1, 0.15) is 5.56 Å². The highest BCUT2D eigenvalue weighted by Gasteiger charge is 2.29. The Kier molecular flexibility index (Phi) is 2.00. The van der Waals surface area contributed by atoms with Crippen LogP contribution in [0.15, 0.2) is 30.5 Å². The number of aromatic nitrogens is 1. The molecule has 0 atom stereocenters. The molecule has 2 nitrogen and oxygen atoms in total. The SMILES string of the molecule is NCC(F)(F)c1ccc2cc[nH]c2c1. The highest BCUT2D eigenvalue weighted by molar-refractivity contribution is 5.80. The average molecular weight is 196 g/mol. The summed E-state index contributed by atoms with van der Waals surface area (Å²) in [5.41, 5.74) is 5.66. The largest absolute Gasteiger partial charge is 0.361 e. The molecule has 0 saturated carbocycles. The van der Waals surface area contributed by atoms with Gasteiger partial charge in [0.1, 0.15) is 0 Å². The van der Waals surface area contributed by atoms with E-state index in [-0.39, 0.29) is 5.56 Å². The van der Waals surface area contributed by atoms with Gasteiger partial charge in [0.05, 0.1) is 6.54 Å². The van der Waals surface area contributed by atoms with Gasteiger partial charge in [-0.15, -0.1) is 0 Å². The lowest BCUT2D eigenvalue weighted by atomic mass is 10.1. The van der Waals surface area contributed by atoms with E-state index < -0.39 is 12.5 Å². The van der Waals surface area contributed by atoms with E-state index in [0.717, 1.165) is 5.39 Å². The molecular weight excluding hydrogens is 186 g/mol. The van der Waals surface area contributed by atoms with E-state index in [9.17, 15) is 8.78 Å². The number of nitrogens with two attached hydrogens (primary N) is 1. The maximum Gasteiger partial charge on any atom is 0.285 e. The lowest BCUT2D eigenvalue weighted by molar-refractivity contribution is 0.00607. The molecule has 0 amide bonds. The molecule has 14 heavy (non-hydrogen) atoms. The summed E-state index contributed by atoms with van der Waals surface area (Å²) in [6, 6.07) is 6.33. The van der Waals surface area contributed by atoms with Crippen molar-refractivity contribution < 1.29 is 8.78 Å². The highest BCUT2D eigenvalue weighted by Crippen LogP contribution is 2.28. The third-order valence-electron chi connectivity index (χ3n) is 2.23. The van der Waals surface area contributed by atoms with Crippen molar-refractivity contribution in [1.82, 2.24) is 4.98 Å². The van der Waals surface area contributed by atoms with E-state index in [4.69, 9.17) is 5.73 Å². The number of aromatic amines is 1. The molecule has 0 fully saturated rings. The van der Waals surface area contributed by atoms with Crippen LogP contribution in [-0.2, 0) is 5.92 Å². The molecule has 1 aromatic heterocycles. The molecule has 0 radical (unpaired) electrons. The van der Waals surface area contributed by atoms with Crippen LogP contribution in [0.5, 0.6) is 0 Å². The Hall–Kier alpha value is -1.42. The molecule has 74 valence electrons. The van der Waals surface area contributed by atoms with Crippen LogP contribution in [0, 0.1) is 0 Å². The third-order valence-corrected chi connectivity index (χ3v) is 2.23. The van der Waals surface area contributed by atoms with Crippen LogP contribution in [-0.4, -0.2) is 11.5 Å². The zero-order valence-corrected chi connectivity index (χ0v) is 7.43. The number of halogens is 2. The second-order valence-electron chi connectivity index (χ2n) is 3.19. The number of H-pyrrole nitrogens is 1. The molecule has 0 aliphatic rings. The monoisotopic (exact) mass is 196 g/mol. The Labute approximate surface area is 79.7 Å². The van der Waals surface area contributed by atoms with Crippen molar-refractivity contribution in [2.45, 2.75) is 5.92 Å². The summed E-state index contributed by atoms with van der Waals surface area (Å²) in [4.78, 5) is 2.88. The summed E-state index contributed by atoms with van der Waals surface area (Å²) in [6.45, 7) is -0.667. The van der Waals surface area contributed by atoms with Gasteiger partial charge in [-0.25, -0.2) is 0 Å². The average Bonchev–Trinajstić information content (AvgIpc) is 2.64. The third kappa shape index (κ3) is 1.37. The van der Waals surface area contributed by atoms with Gasteiger partial charge in [0.25, 0.3) is 5.92 Å². The van der Waals surface area contributed by atoms with Gasteiger partial charge < -0.3 is 10.7 Å². The van der Waals surface area contributed by atoms with Crippen molar-refractivity contribution in [3.8, 4) is 0 Å². The molecule has 4 heteroatoms. The molecule has 3 N–H and O–H groups in total. The first-order chi connectivity index (χ1) is 6.63. The van der Waals surface area contributed by atoms with Crippen molar-refractivity contribution in [3.63, 3.8) is 0 Å². The van der Waals surface area contributed by atoms with Crippen molar-refractivity contribution in [2.24, 2.45) is 5.73 Å². The first kappa shape index (κ1) is 9.15. The van der Waals surface area contributed by atoms with Crippen molar-refractivity contribution in [1.29, 1.82) is 0 Å². The normalized spacial score (nSPS) is 12.2. The summed E-state index contributed by atoms with van der Waals surface area (Å²) in [5.74, 6) is -2.95. The molecule has 0 bridgehead atoms. The van der Waals surface area contributed by atoms with Crippen LogP contribution in [0.4, 0.5) is 8.78 Å². The molecule has 0 unspecified atom stereocenters. The number of hydrogen-bond donors (Lipinski definition) is 2. The second kappa shape index (κ2) is 3.06. The summed E-state index contributed by atoms with van der Waals surface area (Å²) >= 11 is 0. The minimum absolute atomic E-state index is 0.0463. The Morgan fingerprint density at radius 1 is 1.29 bits per heavy atom. The number of benzene rings is 1. The van der Waals surface area contributed by atoms with Gasteiger partial charge >= 0.3 is 0 Å². The van der Waals surface area contributed by atoms with E-state index in [1.165, 1.54) is 12.1 Å². The zero-order chi connectivity index (χ0) is 10.2. The number of nitrogens with one attached hydrogen (secondary N) is 1. The number of rotatable bonds is 2. The van der Waals surface area contributed by atoms with Gasteiger partial charge in [-0.05, 0) is 17.5 Å². The molecule has 2 aromatic rings. The fourth-order valence-electron chi connectivity index (χ4n) is 1.39. The van der Waals surface area contributed by atoms with Gasteiger partial charge in [0.15, 0.2) is 0 Å². The second-order valence-corrected chi connectivity index (χ2v) is 3.19. The topological polar surface area (TPSA) is 41.8 Å². The molecule has 1 aromatic carbocycles. The van der Waals surface area contributed by atoms with Crippen LogP contribution >= 0.6 is 0 Å². The van der Waals surface area contributed by atoms with Gasteiger partial charge in [0.2, 0.25) is 0 Å². The molecule has 0 aliphatic carbocycles. The predicted octanol–water partition coefficient (Wildman–Crippen LogP) is 2.22. The first-order valence-electron chi connectivity index (χ1n) is 4.29. The maximum absolute atomic E-state index is 13.2. The number of hydrogen-bond acceptors (Lipinski definition) is 1. The van der Waals surface area contributed by atoms with Crippen LogP contribution in [0.25, 0.3) is 10.9 Å². The standard InChI is InChI=1S/C10H10F2N2/c11-10(12,6-13)8-2-1-7-3-4-14-9(7)5-8/h1-5,14H,6,13H2. The summed E-state index contributed by atoms with van der Waals surface area (Å²) in [5, 5.41) is 0.918. The Bertz CT molecular complexity index is 448. The predicted molar refractivity (Wildman–Crippen MR) is 51.2 cm³/mol. The Morgan fingerprint density at radius 3 is 2.79 bits per heavy atom. The summed E-state index contributed by atoms with van der Waals surface area (Å²) < 4.78 is 26.4. The van der Waals surface area contributed by atoms with E-state index in [1.54, 1.807) is 12.3 Å². The number of alkyl halides is 2. The van der Waals surface area contributed by atoms with Crippen molar-refractivity contribution >= 4 is 10.9 Å². The summed E-state index contributed by atoms with van der Waals surface area (Å²) in [6.07, 6.45) is 1.72. The maximum atomic E-state index is 13.2. The number of fused-ring (bicyclic) bond motifs is 1. The van der Waals surface area contributed by atoms with Gasteiger partial charge in [0, 0.05) is 17.3 Å². The van der Waals surface area contributed by atoms with E-state index in [0.29, 0.717) is 5.52 Å². The lowest BCUT2D eigenvalue weighted by Gasteiger charge is -2.13. The first-order valence-corrected chi connectivity index (χ1v) is 4.29. The van der Waals surface area contributed by atoms with Crippen molar-refractivity contribution in [2.75, 3.05) is 6.54 Å². The molecule has 0 saturated heterocycles. The van der Waals surface area contributed by atoms with Gasteiger partial charge in [-0.2, -0.15) is 8.78 Å². The quantitative estimate of drug-likeness (QED) is 0.759. The fraction of sp³-hybridized carbons (Fsp3) is 0.200. The Balaban J connectivity index is 2.53. The molecule has 1 heterocycles. The lowest BCUT2D eigenvalue weighted by Crippen LogP contribution is -2.24. The molecule has 0 spiro atoms. The molecule has 0 aliphatic heterocycles. The van der Waals surface area contributed by atoms with Crippen LogP contribution in [0.3, 0.4) is 0 Å². The highest BCUT2D eigenvalue weighted by atomic mass is 19.3. The Morgan fingerprint density at radius 2 is 2.07 bits per heavy atom. The smallest absolute Gasteiger partial charge is 0.285 e. The van der Waals surface area contributed by atoms with Crippen LogP contribution in [0.2, 0.25) is 0 Å².